The van der Waals surface area contributed by atoms with E-state index in [9.17, 15) is 9.18 Å². The highest BCUT2D eigenvalue weighted by Crippen LogP contribution is 2.35. The van der Waals surface area contributed by atoms with Gasteiger partial charge in [0.05, 0.1) is 17.3 Å². The number of hydrogen-bond acceptors (Lipinski definition) is 2. The van der Waals surface area contributed by atoms with E-state index < -0.39 is 5.82 Å². The third-order valence-electron chi connectivity index (χ3n) is 4.95. The molecule has 2 atom stereocenters. The monoisotopic (exact) mass is 324 g/mol. The number of hydrogen-bond donors (Lipinski definition) is 1. The van der Waals surface area contributed by atoms with Gasteiger partial charge in [-0.3, -0.25) is 9.69 Å². The third-order valence-corrected chi connectivity index (χ3v) is 5.26. The zero-order valence-electron chi connectivity index (χ0n) is 12.7. The average Bonchev–Trinajstić information content (AvgIpc) is 2.50. The smallest absolute Gasteiger partial charge is 0.238 e. The molecule has 2 fully saturated rings. The van der Waals surface area contributed by atoms with Gasteiger partial charge >= 0.3 is 0 Å². The molecule has 0 bridgehead atoms. The van der Waals surface area contributed by atoms with Crippen LogP contribution >= 0.6 is 11.6 Å². The van der Waals surface area contributed by atoms with Gasteiger partial charge in [-0.2, -0.15) is 0 Å². The van der Waals surface area contributed by atoms with E-state index in [1.165, 1.54) is 50.3 Å². The van der Waals surface area contributed by atoms with Crippen LogP contribution in [-0.2, 0) is 4.79 Å². The second-order valence-corrected chi connectivity index (χ2v) is 6.91. The number of piperidine rings is 1. The summed E-state index contributed by atoms with van der Waals surface area (Å²) in [6.45, 7) is 2.40. The van der Waals surface area contributed by atoms with E-state index in [1.54, 1.807) is 0 Å². The van der Waals surface area contributed by atoms with Crippen molar-refractivity contribution in [2.24, 2.45) is 11.8 Å². The molecular formula is C17H22ClFN2O. The zero-order valence-corrected chi connectivity index (χ0v) is 13.4. The Kier molecular flexibility index (Phi) is 4.99. The molecule has 1 aliphatic carbocycles. The van der Waals surface area contributed by atoms with Gasteiger partial charge in [-0.25, -0.2) is 4.39 Å². The van der Waals surface area contributed by atoms with E-state index in [1.807, 2.05) is 0 Å². The molecule has 22 heavy (non-hydrogen) atoms. The molecule has 5 heteroatoms. The Morgan fingerprint density at radius 2 is 2.05 bits per heavy atom. The number of halogens is 2. The predicted octanol–water partition coefficient (Wildman–Crippen LogP) is 3.93. The normalized spacial score (nSPS) is 25.5. The summed E-state index contributed by atoms with van der Waals surface area (Å²) in [5, 5.41) is 3.01. The average molecular weight is 325 g/mol. The van der Waals surface area contributed by atoms with Crippen molar-refractivity contribution in [1.82, 2.24) is 4.90 Å². The largest absolute Gasteiger partial charge is 0.324 e. The van der Waals surface area contributed by atoms with Gasteiger partial charge in [0.15, 0.2) is 0 Å². The van der Waals surface area contributed by atoms with Gasteiger partial charge in [-0.05, 0) is 49.4 Å². The number of carbonyl (C=O) groups excluding carboxylic acids is 1. The molecule has 2 aliphatic rings. The van der Waals surface area contributed by atoms with Crippen LogP contribution in [-0.4, -0.2) is 30.4 Å². The predicted molar refractivity (Wildman–Crippen MR) is 86.5 cm³/mol. The van der Waals surface area contributed by atoms with Crippen molar-refractivity contribution in [1.29, 1.82) is 0 Å². The maximum atomic E-state index is 13.0. The summed E-state index contributed by atoms with van der Waals surface area (Å²) in [7, 11) is 0. The molecule has 3 rings (SSSR count). The first-order valence-corrected chi connectivity index (χ1v) is 8.47. The molecule has 0 unspecified atom stereocenters. The van der Waals surface area contributed by atoms with Gasteiger partial charge in [0.1, 0.15) is 5.82 Å². The topological polar surface area (TPSA) is 32.3 Å². The lowest BCUT2D eigenvalue weighted by atomic mass is 9.75. The van der Waals surface area contributed by atoms with Crippen LogP contribution < -0.4 is 5.32 Å². The van der Waals surface area contributed by atoms with Gasteiger partial charge in [-0.15, -0.1) is 0 Å². The number of carbonyl (C=O) groups is 1. The summed E-state index contributed by atoms with van der Waals surface area (Å²) >= 11 is 5.94. The van der Waals surface area contributed by atoms with Crippen molar-refractivity contribution >= 4 is 23.2 Å². The third kappa shape index (κ3) is 3.79. The van der Waals surface area contributed by atoms with Crippen molar-refractivity contribution in [3.63, 3.8) is 0 Å². The fraction of sp³-hybridized carbons (Fsp3) is 0.588. The maximum absolute atomic E-state index is 13.0. The van der Waals surface area contributed by atoms with E-state index in [0.717, 1.165) is 24.9 Å². The van der Waals surface area contributed by atoms with E-state index in [-0.39, 0.29) is 10.9 Å². The number of amides is 1. The second kappa shape index (κ2) is 6.97. The minimum absolute atomic E-state index is 0.0808. The van der Waals surface area contributed by atoms with Crippen LogP contribution in [0.5, 0.6) is 0 Å². The lowest BCUT2D eigenvalue weighted by Crippen LogP contribution is -2.44. The molecule has 1 saturated carbocycles. The Morgan fingerprint density at radius 3 is 2.82 bits per heavy atom. The number of nitrogens with zero attached hydrogens (tertiary/aromatic N) is 1. The van der Waals surface area contributed by atoms with Crippen LogP contribution in [0.25, 0.3) is 0 Å². The fourth-order valence-electron chi connectivity index (χ4n) is 3.80. The number of likely N-dealkylation sites (tertiary alicyclic amines) is 1. The van der Waals surface area contributed by atoms with Gasteiger partial charge in [0.2, 0.25) is 5.91 Å². The molecule has 1 aromatic carbocycles. The molecular weight excluding hydrogens is 303 g/mol. The lowest BCUT2D eigenvalue weighted by Gasteiger charge is -2.41. The molecule has 0 radical (unpaired) electrons. The summed E-state index contributed by atoms with van der Waals surface area (Å²) in [5.74, 6) is 1.13. The molecule has 1 amide bonds. The molecule has 1 aliphatic heterocycles. The van der Waals surface area contributed by atoms with Crippen LogP contribution in [0.1, 0.15) is 32.1 Å². The molecule has 1 heterocycles. The first kappa shape index (κ1) is 15.8. The van der Waals surface area contributed by atoms with Crippen molar-refractivity contribution in [2.45, 2.75) is 32.1 Å². The number of benzene rings is 1. The Morgan fingerprint density at radius 1 is 1.27 bits per heavy atom. The number of fused-ring (bicyclic) bond motifs is 1. The van der Waals surface area contributed by atoms with E-state index in [2.05, 4.69) is 10.2 Å². The van der Waals surface area contributed by atoms with Crippen molar-refractivity contribution in [3.05, 3.63) is 29.0 Å². The molecule has 1 aromatic rings. The number of anilines is 1. The van der Waals surface area contributed by atoms with Gasteiger partial charge in [0.25, 0.3) is 0 Å². The minimum Gasteiger partial charge on any atom is -0.324 e. The zero-order chi connectivity index (χ0) is 15.5. The van der Waals surface area contributed by atoms with Gasteiger partial charge in [0, 0.05) is 6.54 Å². The van der Waals surface area contributed by atoms with Gasteiger partial charge < -0.3 is 5.32 Å². The first-order valence-electron chi connectivity index (χ1n) is 8.09. The fourth-order valence-corrected chi connectivity index (χ4v) is 4.02. The molecule has 1 saturated heterocycles. The summed E-state index contributed by atoms with van der Waals surface area (Å²) in [4.78, 5) is 14.4. The molecule has 120 valence electrons. The van der Waals surface area contributed by atoms with E-state index >= 15 is 0 Å². The highest BCUT2D eigenvalue weighted by molar-refractivity contribution is 6.33. The molecule has 3 nitrogen and oxygen atoms in total. The summed E-state index contributed by atoms with van der Waals surface area (Å²) in [6.07, 6.45) is 6.55. The number of nitrogens with one attached hydrogen (secondary N) is 1. The molecule has 0 spiro atoms. The molecule has 0 aromatic heterocycles. The Labute approximate surface area is 135 Å². The minimum atomic E-state index is -0.401. The molecule has 1 N–H and O–H groups in total. The van der Waals surface area contributed by atoms with Crippen LogP contribution in [0.2, 0.25) is 5.02 Å². The second-order valence-electron chi connectivity index (χ2n) is 6.50. The van der Waals surface area contributed by atoms with E-state index in [0.29, 0.717) is 12.2 Å². The summed E-state index contributed by atoms with van der Waals surface area (Å²) < 4.78 is 13.0. The van der Waals surface area contributed by atoms with Crippen molar-refractivity contribution in [2.75, 3.05) is 25.0 Å². The highest BCUT2D eigenvalue weighted by atomic mass is 35.5. The summed E-state index contributed by atoms with van der Waals surface area (Å²) in [5.41, 5.74) is 0.473. The van der Waals surface area contributed by atoms with Crippen LogP contribution in [0.15, 0.2) is 18.2 Å². The van der Waals surface area contributed by atoms with Crippen molar-refractivity contribution in [3.8, 4) is 0 Å². The maximum Gasteiger partial charge on any atom is 0.238 e. The summed E-state index contributed by atoms with van der Waals surface area (Å²) in [6, 6.07) is 4.02. The van der Waals surface area contributed by atoms with Crippen LogP contribution in [0.3, 0.4) is 0 Å². The van der Waals surface area contributed by atoms with Gasteiger partial charge in [-0.1, -0.05) is 30.9 Å². The van der Waals surface area contributed by atoms with Crippen LogP contribution in [0.4, 0.5) is 10.1 Å². The standard InChI is InChI=1S/C17H22ClFN2O/c18-15-9-14(19)5-6-16(15)20-17(22)11-21-8-7-12-3-1-2-4-13(12)10-21/h5-6,9,12-13H,1-4,7-8,10-11H2,(H,20,22)/t12-,13-/m1/s1. The number of rotatable bonds is 3. The van der Waals surface area contributed by atoms with Crippen LogP contribution in [0, 0.1) is 17.7 Å². The Hall–Kier alpha value is -1.13. The Balaban J connectivity index is 1.53. The SMILES string of the molecule is O=C(CN1CC[C@H]2CCCC[C@@H]2C1)Nc1ccc(F)cc1Cl. The quantitative estimate of drug-likeness (QED) is 0.913. The first-order chi connectivity index (χ1) is 10.6. The highest BCUT2D eigenvalue weighted by Gasteiger charge is 2.31. The lowest BCUT2D eigenvalue weighted by molar-refractivity contribution is -0.118. The van der Waals surface area contributed by atoms with Crippen molar-refractivity contribution < 1.29 is 9.18 Å². The van der Waals surface area contributed by atoms with E-state index in [4.69, 9.17) is 11.6 Å². The Bertz CT molecular complexity index is 551.